The van der Waals surface area contributed by atoms with Gasteiger partial charge in [0.25, 0.3) is 5.91 Å². The van der Waals surface area contributed by atoms with E-state index in [1.807, 2.05) is 31.2 Å². The summed E-state index contributed by atoms with van der Waals surface area (Å²) in [5.41, 5.74) is 2.09. The first-order valence-corrected chi connectivity index (χ1v) is 7.75. The first-order valence-electron chi connectivity index (χ1n) is 7.75. The number of esters is 1. The molecule has 0 aromatic heterocycles. The number of nitrogens with one attached hydrogen (secondary N) is 1. The normalized spacial score (nSPS) is 11.4. The molecule has 0 aliphatic carbocycles. The zero-order valence-electron chi connectivity index (χ0n) is 14.7. The summed E-state index contributed by atoms with van der Waals surface area (Å²) in [7, 11) is 2.76. The lowest BCUT2D eigenvalue weighted by atomic mass is 10.2. The monoisotopic (exact) mass is 343 g/mol. The van der Waals surface area contributed by atoms with Gasteiger partial charge in [-0.1, -0.05) is 12.1 Å². The summed E-state index contributed by atoms with van der Waals surface area (Å²) in [6, 6.07) is 12.1. The van der Waals surface area contributed by atoms with Gasteiger partial charge in [-0.15, -0.1) is 0 Å². The van der Waals surface area contributed by atoms with Crippen LogP contribution in [0.25, 0.3) is 0 Å². The third-order valence-electron chi connectivity index (χ3n) is 3.54. The molecule has 1 amide bonds. The van der Waals surface area contributed by atoms with Gasteiger partial charge >= 0.3 is 5.97 Å². The molecule has 6 nitrogen and oxygen atoms in total. The number of carbonyl (C=O) groups is 2. The summed E-state index contributed by atoms with van der Waals surface area (Å²) >= 11 is 0. The zero-order valence-corrected chi connectivity index (χ0v) is 14.7. The summed E-state index contributed by atoms with van der Waals surface area (Å²) in [5, 5.41) is 2.80. The molecule has 0 spiro atoms. The molecule has 0 fully saturated rings. The third-order valence-corrected chi connectivity index (χ3v) is 3.54. The molecule has 132 valence electrons. The van der Waals surface area contributed by atoms with Gasteiger partial charge in [0.1, 0.15) is 0 Å². The van der Waals surface area contributed by atoms with E-state index in [0.29, 0.717) is 22.7 Å². The second-order valence-corrected chi connectivity index (χ2v) is 5.48. The van der Waals surface area contributed by atoms with Crippen LogP contribution in [-0.4, -0.2) is 32.2 Å². The van der Waals surface area contributed by atoms with Crippen LogP contribution in [-0.2, 0) is 9.53 Å². The van der Waals surface area contributed by atoms with Gasteiger partial charge in [-0.05, 0) is 49.7 Å². The van der Waals surface area contributed by atoms with E-state index >= 15 is 0 Å². The van der Waals surface area contributed by atoms with E-state index in [9.17, 15) is 9.59 Å². The Kier molecular flexibility index (Phi) is 6.00. The van der Waals surface area contributed by atoms with Gasteiger partial charge in [-0.3, -0.25) is 4.79 Å². The molecule has 2 rings (SSSR count). The van der Waals surface area contributed by atoms with Crippen molar-refractivity contribution in [2.75, 3.05) is 19.5 Å². The average Bonchev–Trinajstić information content (AvgIpc) is 2.61. The highest BCUT2D eigenvalue weighted by Gasteiger charge is 2.18. The van der Waals surface area contributed by atoms with Crippen molar-refractivity contribution in [1.82, 2.24) is 0 Å². The van der Waals surface area contributed by atoms with Gasteiger partial charge in [0.05, 0.1) is 19.8 Å². The summed E-state index contributed by atoms with van der Waals surface area (Å²) in [6.45, 7) is 3.59. The molecule has 0 aliphatic rings. The Morgan fingerprint density at radius 3 is 2.44 bits per heavy atom. The molecule has 0 radical (unpaired) electrons. The molecule has 0 saturated heterocycles. The maximum Gasteiger partial charge on any atom is 0.337 e. The molecule has 2 aromatic carbocycles. The van der Waals surface area contributed by atoms with E-state index in [1.165, 1.54) is 20.3 Å². The highest BCUT2D eigenvalue weighted by molar-refractivity contribution is 5.94. The summed E-state index contributed by atoms with van der Waals surface area (Å²) < 4.78 is 15.6. The highest BCUT2D eigenvalue weighted by atomic mass is 16.5. The van der Waals surface area contributed by atoms with Gasteiger partial charge < -0.3 is 19.5 Å². The smallest absolute Gasteiger partial charge is 0.337 e. The van der Waals surface area contributed by atoms with Crippen LogP contribution in [0.2, 0.25) is 0 Å². The van der Waals surface area contributed by atoms with Crippen molar-refractivity contribution in [3.8, 4) is 11.5 Å². The Bertz CT molecular complexity index is 772. The fourth-order valence-electron chi connectivity index (χ4n) is 2.22. The van der Waals surface area contributed by atoms with Crippen molar-refractivity contribution in [2.45, 2.75) is 20.0 Å². The Labute approximate surface area is 146 Å². The first kappa shape index (κ1) is 18.3. The number of methoxy groups -OCH3 is 2. The topological polar surface area (TPSA) is 73.9 Å². The lowest BCUT2D eigenvalue weighted by Gasteiger charge is -2.17. The van der Waals surface area contributed by atoms with Crippen LogP contribution in [0.15, 0.2) is 42.5 Å². The number of hydrogen-bond donors (Lipinski definition) is 1. The first-order chi connectivity index (χ1) is 11.9. The number of amides is 1. The number of ether oxygens (including phenoxy) is 3. The van der Waals surface area contributed by atoms with Crippen LogP contribution >= 0.6 is 0 Å². The number of anilines is 1. The SMILES string of the molecule is COC(=O)c1ccc(O[C@H](C)C(=O)Nc2cccc(C)c2)c(OC)c1. The number of hydrogen-bond acceptors (Lipinski definition) is 5. The van der Waals surface area contributed by atoms with Crippen LogP contribution < -0.4 is 14.8 Å². The summed E-state index contributed by atoms with van der Waals surface area (Å²) in [5.74, 6) is -0.0556. The maximum absolute atomic E-state index is 12.3. The van der Waals surface area contributed by atoms with E-state index in [0.717, 1.165) is 5.56 Å². The molecular weight excluding hydrogens is 322 g/mol. The van der Waals surface area contributed by atoms with Crippen molar-refractivity contribution < 1.29 is 23.8 Å². The molecule has 6 heteroatoms. The van der Waals surface area contributed by atoms with Gasteiger partial charge in [0, 0.05) is 5.69 Å². The van der Waals surface area contributed by atoms with Crippen molar-refractivity contribution in [3.05, 3.63) is 53.6 Å². The fraction of sp³-hybridized carbons (Fsp3) is 0.263. The van der Waals surface area contributed by atoms with Crippen LogP contribution in [0.1, 0.15) is 22.8 Å². The lowest BCUT2D eigenvalue weighted by Crippen LogP contribution is -2.30. The van der Waals surface area contributed by atoms with Crippen molar-refractivity contribution in [1.29, 1.82) is 0 Å². The van der Waals surface area contributed by atoms with Gasteiger partial charge in [0.15, 0.2) is 17.6 Å². The summed E-state index contributed by atoms with van der Waals surface area (Å²) in [6.07, 6.45) is -0.751. The lowest BCUT2D eigenvalue weighted by molar-refractivity contribution is -0.122. The maximum atomic E-state index is 12.3. The Morgan fingerprint density at radius 2 is 1.80 bits per heavy atom. The fourth-order valence-corrected chi connectivity index (χ4v) is 2.22. The molecule has 25 heavy (non-hydrogen) atoms. The molecule has 0 unspecified atom stereocenters. The Hall–Kier alpha value is -3.02. The van der Waals surface area contributed by atoms with E-state index in [-0.39, 0.29) is 5.91 Å². The molecule has 2 aromatic rings. The third kappa shape index (κ3) is 4.73. The molecule has 0 bridgehead atoms. The molecule has 1 N–H and O–H groups in total. The molecule has 1 atom stereocenters. The van der Waals surface area contributed by atoms with E-state index in [2.05, 4.69) is 10.1 Å². The number of carbonyl (C=O) groups excluding carboxylic acids is 2. The standard InChI is InChI=1S/C19H21NO5/c1-12-6-5-7-15(10-12)20-18(21)13(2)25-16-9-8-14(19(22)24-4)11-17(16)23-3/h5-11,13H,1-4H3,(H,20,21)/t13-/m1/s1. The van der Waals surface area contributed by atoms with Crippen LogP contribution in [0, 0.1) is 6.92 Å². The van der Waals surface area contributed by atoms with Crippen LogP contribution in [0.3, 0.4) is 0 Å². The van der Waals surface area contributed by atoms with Crippen molar-refractivity contribution in [3.63, 3.8) is 0 Å². The van der Waals surface area contributed by atoms with E-state index in [1.54, 1.807) is 19.1 Å². The van der Waals surface area contributed by atoms with Gasteiger partial charge in [-0.2, -0.15) is 0 Å². The van der Waals surface area contributed by atoms with Crippen LogP contribution in [0.5, 0.6) is 11.5 Å². The van der Waals surface area contributed by atoms with E-state index in [4.69, 9.17) is 9.47 Å². The largest absolute Gasteiger partial charge is 0.493 e. The van der Waals surface area contributed by atoms with E-state index < -0.39 is 12.1 Å². The predicted molar refractivity (Wildman–Crippen MR) is 94.2 cm³/mol. The van der Waals surface area contributed by atoms with Gasteiger partial charge in [-0.25, -0.2) is 4.79 Å². The number of aryl methyl sites for hydroxylation is 1. The zero-order chi connectivity index (χ0) is 18.4. The molecular formula is C19H21NO5. The second-order valence-electron chi connectivity index (χ2n) is 5.48. The minimum absolute atomic E-state index is 0.287. The summed E-state index contributed by atoms with van der Waals surface area (Å²) in [4.78, 5) is 23.9. The molecule has 0 heterocycles. The highest BCUT2D eigenvalue weighted by Crippen LogP contribution is 2.29. The van der Waals surface area contributed by atoms with Gasteiger partial charge in [0.2, 0.25) is 0 Å². The number of benzene rings is 2. The number of rotatable bonds is 6. The van der Waals surface area contributed by atoms with Crippen molar-refractivity contribution in [2.24, 2.45) is 0 Å². The Morgan fingerprint density at radius 1 is 1.04 bits per heavy atom. The average molecular weight is 343 g/mol. The Balaban J connectivity index is 2.09. The van der Waals surface area contributed by atoms with Crippen molar-refractivity contribution >= 4 is 17.6 Å². The minimum atomic E-state index is -0.751. The minimum Gasteiger partial charge on any atom is -0.493 e. The quantitative estimate of drug-likeness (QED) is 0.816. The molecule has 0 saturated carbocycles. The molecule has 0 aliphatic heterocycles. The predicted octanol–water partition coefficient (Wildman–Crippen LogP) is 3.20. The van der Waals surface area contributed by atoms with Crippen LogP contribution in [0.4, 0.5) is 5.69 Å². The second kappa shape index (κ2) is 8.19.